The van der Waals surface area contributed by atoms with Gasteiger partial charge in [0.1, 0.15) is 5.82 Å². The third-order valence-corrected chi connectivity index (χ3v) is 8.02. The molecule has 2 aliphatic rings. The van der Waals surface area contributed by atoms with Gasteiger partial charge < -0.3 is 0 Å². The molecule has 32 heavy (non-hydrogen) atoms. The van der Waals surface area contributed by atoms with E-state index in [2.05, 4.69) is 19.1 Å². The molecule has 0 heterocycles. The van der Waals surface area contributed by atoms with E-state index in [1.54, 1.807) is 0 Å². The van der Waals surface area contributed by atoms with E-state index in [0.29, 0.717) is 11.5 Å². The van der Waals surface area contributed by atoms with E-state index >= 15 is 0 Å². The van der Waals surface area contributed by atoms with Crippen molar-refractivity contribution >= 4 is 0 Å². The highest BCUT2D eigenvalue weighted by Gasteiger charge is 2.34. The Bertz CT molecular complexity index is 867. The van der Waals surface area contributed by atoms with Crippen LogP contribution in [0.3, 0.4) is 0 Å². The molecule has 0 aromatic heterocycles. The van der Waals surface area contributed by atoms with Crippen molar-refractivity contribution in [3.8, 4) is 11.1 Å². The maximum atomic E-state index is 13.9. The summed E-state index contributed by atoms with van der Waals surface area (Å²) < 4.78 is 52.3. The second kappa shape index (κ2) is 9.97. The van der Waals surface area contributed by atoms with Gasteiger partial charge in [-0.25, -0.2) is 4.39 Å². The third-order valence-electron chi connectivity index (χ3n) is 8.02. The van der Waals surface area contributed by atoms with Gasteiger partial charge in [0.2, 0.25) is 0 Å². The summed E-state index contributed by atoms with van der Waals surface area (Å²) in [5.74, 6) is 2.09. The first-order valence-corrected chi connectivity index (χ1v) is 12.3. The van der Waals surface area contributed by atoms with Crippen LogP contribution >= 0.6 is 0 Å². The fourth-order valence-electron chi connectivity index (χ4n) is 6.15. The van der Waals surface area contributed by atoms with Crippen molar-refractivity contribution in [1.82, 2.24) is 0 Å². The standard InChI is InChI=1S/C28H34F4/c1-2-3-19-4-6-20(7-5-19)21-8-10-22(11-9-21)23-12-14-24(15-13-23)25-16-17-26(27(29)18-25)28(30,31)32/h12-22H,2-11H2,1H3. The summed E-state index contributed by atoms with van der Waals surface area (Å²) in [5.41, 5.74) is 1.31. The smallest absolute Gasteiger partial charge is 0.206 e. The van der Waals surface area contributed by atoms with E-state index in [4.69, 9.17) is 0 Å². The van der Waals surface area contributed by atoms with Gasteiger partial charge in [0, 0.05) is 0 Å². The monoisotopic (exact) mass is 446 g/mol. The number of hydrogen-bond donors (Lipinski definition) is 0. The fourth-order valence-corrected chi connectivity index (χ4v) is 6.15. The van der Waals surface area contributed by atoms with Crippen LogP contribution in [0.25, 0.3) is 11.1 Å². The molecule has 4 heteroatoms. The van der Waals surface area contributed by atoms with Gasteiger partial charge in [0.15, 0.2) is 0 Å². The van der Waals surface area contributed by atoms with Gasteiger partial charge in [-0.2, -0.15) is 13.2 Å². The Hall–Kier alpha value is -1.84. The molecule has 174 valence electrons. The second-order valence-electron chi connectivity index (χ2n) is 10.00. The summed E-state index contributed by atoms with van der Waals surface area (Å²) in [6.45, 7) is 2.29. The Labute approximate surface area is 189 Å². The number of rotatable bonds is 5. The molecule has 0 atom stereocenters. The number of hydrogen-bond acceptors (Lipinski definition) is 0. The summed E-state index contributed by atoms with van der Waals surface area (Å²) in [6.07, 6.45) is 8.76. The van der Waals surface area contributed by atoms with Crippen LogP contribution < -0.4 is 0 Å². The molecule has 4 rings (SSSR count). The molecule has 0 unspecified atom stereocenters. The fraction of sp³-hybridized carbons (Fsp3) is 0.571. The van der Waals surface area contributed by atoms with Crippen molar-refractivity contribution in [1.29, 1.82) is 0 Å². The zero-order chi connectivity index (χ0) is 22.7. The van der Waals surface area contributed by atoms with Crippen molar-refractivity contribution in [2.45, 2.75) is 83.2 Å². The normalized spacial score (nSPS) is 26.8. The van der Waals surface area contributed by atoms with E-state index in [0.717, 1.165) is 35.4 Å². The van der Waals surface area contributed by atoms with Crippen LogP contribution in [0, 0.1) is 23.6 Å². The molecule has 2 saturated carbocycles. The largest absolute Gasteiger partial charge is 0.419 e. The van der Waals surface area contributed by atoms with Crippen molar-refractivity contribution in [3.05, 3.63) is 59.4 Å². The Balaban J connectivity index is 1.33. The molecule has 0 saturated heterocycles. The highest BCUT2D eigenvalue weighted by Crippen LogP contribution is 2.44. The quantitative estimate of drug-likeness (QED) is 0.401. The van der Waals surface area contributed by atoms with Crippen LogP contribution in [0.4, 0.5) is 17.6 Å². The molecular formula is C28H34F4. The van der Waals surface area contributed by atoms with Gasteiger partial charge in [-0.05, 0) is 91.0 Å². The van der Waals surface area contributed by atoms with Crippen LogP contribution in [0.5, 0.6) is 0 Å². The lowest BCUT2D eigenvalue weighted by Crippen LogP contribution is -2.25. The first-order chi connectivity index (χ1) is 15.3. The maximum Gasteiger partial charge on any atom is 0.419 e. The molecule has 2 aromatic carbocycles. The van der Waals surface area contributed by atoms with Gasteiger partial charge in [0.05, 0.1) is 5.56 Å². The minimum Gasteiger partial charge on any atom is -0.206 e. The number of benzene rings is 2. The summed E-state index contributed by atoms with van der Waals surface area (Å²) in [6, 6.07) is 11.1. The lowest BCUT2D eigenvalue weighted by Gasteiger charge is -2.38. The van der Waals surface area contributed by atoms with E-state index in [1.165, 1.54) is 75.8 Å². The van der Waals surface area contributed by atoms with Gasteiger partial charge in [-0.1, -0.05) is 62.9 Å². The van der Waals surface area contributed by atoms with Crippen molar-refractivity contribution in [2.75, 3.05) is 0 Å². The zero-order valence-electron chi connectivity index (χ0n) is 18.9. The molecule has 0 N–H and O–H groups in total. The highest BCUT2D eigenvalue weighted by atomic mass is 19.4. The third kappa shape index (κ3) is 5.38. The molecule has 2 aliphatic carbocycles. The first kappa shape index (κ1) is 23.3. The van der Waals surface area contributed by atoms with Crippen molar-refractivity contribution in [3.63, 3.8) is 0 Å². The van der Waals surface area contributed by atoms with E-state index in [1.807, 2.05) is 12.1 Å². The summed E-state index contributed by atoms with van der Waals surface area (Å²) in [5, 5.41) is 0. The molecule has 0 aliphatic heterocycles. The average molecular weight is 447 g/mol. The minimum absolute atomic E-state index is 0.476. The molecule has 2 aromatic rings. The summed E-state index contributed by atoms with van der Waals surface area (Å²) >= 11 is 0. The molecular weight excluding hydrogens is 412 g/mol. The molecule has 0 amide bonds. The lowest BCUT2D eigenvalue weighted by molar-refractivity contribution is -0.139. The SMILES string of the molecule is CCCC1CCC(C2CCC(c3ccc(-c4ccc(C(F)(F)F)c(F)c4)cc3)CC2)CC1. The second-order valence-corrected chi connectivity index (χ2v) is 10.00. The van der Waals surface area contributed by atoms with Gasteiger partial charge in [-0.3, -0.25) is 0 Å². The molecule has 0 nitrogen and oxygen atoms in total. The molecule has 0 radical (unpaired) electrons. The number of halogens is 4. The van der Waals surface area contributed by atoms with Gasteiger partial charge >= 0.3 is 6.18 Å². The van der Waals surface area contributed by atoms with Crippen molar-refractivity contribution < 1.29 is 17.6 Å². The lowest BCUT2D eigenvalue weighted by atomic mass is 9.68. The highest BCUT2D eigenvalue weighted by molar-refractivity contribution is 5.64. The zero-order valence-corrected chi connectivity index (χ0v) is 18.9. The first-order valence-electron chi connectivity index (χ1n) is 12.3. The average Bonchev–Trinajstić information content (AvgIpc) is 2.79. The maximum absolute atomic E-state index is 13.9. The van der Waals surface area contributed by atoms with Crippen LogP contribution in [0.1, 0.15) is 88.2 Å². The molecule has 2 fully saturated rings. The van der Waals surface area contributed by atoms with Crippen LogP contribution in [-0.2, 0) is 6.18 Å². The Kier molecular flexibility index (Phi) is 7.27. The minimum atomic E-state index is -4.67. The number of alkyl halides is 3. The molecule has 0 bridgehead atoms. The predicted molar refractivity (Wildman–Crippen MR) is 122 cm³/mol. The molecule has 0 spiro atoms. The Morgan fingerprint density at radius 2 is 1.31 bits per heavy atom. The van der Waals surface area contributed by atoms with E-state index < -0.39 is 17.6 Å². The Morgan fingerprint density at radius 1 is 0.750 bits per heavy atom. The van der Waals surface area contributed by atoms with E-state index in [-0.39, 0.29) is 0 Å². The Morgan fingerprint density at radius 3 is 1.84 bits per heavy atom. The summed E-state index contributed by atoms with van der Waals surface area (Å²) in [7, 11) is 0. The van der Waals surface area contributed by atoms with Gasteiger partial charge in [-0.15, -0.1) is 0 Å². The van der Waals surface area contributed by atoms with Crippen LogP contribution in [0.15, 0.2) is 42.5 Å². The van der Waals surface area contributed by atoms with E-state index in [9.17, 15) is 17.6 Å². The predicted octanol–water partition coefficient (Wildman–Crippen LogP) is 9.39. The van der Waals surface area contributed by atoms with Crippen LogP contribution in [0.2, 0.25) is 0 Å². The van der Waals surface area contributed by atoms with Crippen LogP contribution in [-0.4, -0.2) is 0 Å². The topological polar surface area (TPSA) is 0 Å². The van der Waals surface area contributed by atoms with Gasteiger partial charge in [0.25, 0.3) is 0 Å². The van der Waals surface area contributed by atoms with Crippen molar-refractivity contribution in [2.24, 2.45) is 17.8 Å². The summed E-state index contributed by atoms with van der Waals surface area (Å²) in [4.78, 5) is 0.